The molecule has 1 amide bonds. The smallest absolute Gasteiger partial charge is 0.256 e. The number of amides is 1. The quantitative estimate of drug-likeness (QED) is 0.785. The fraction of sp³-hybridized carbons (Fsp3) is 0.231. The largest absolute Gasteiger partial charge is 0.467 e. The molecule has 2 aromatic heterocycles. The molecule has 106 valence electrons. The normalized spacial score (nSPS) is 12.2. The van der Waals surface area contributed by atoms with Crippen molar-refractivity contribution in [3.05, 3.63) is 56.3 Å². The second-order valence-electron chi connectivity index (χ2n) is 4.21. The second-order valence-corrected chi connectivity index (χ2v) is 5.00. The van der Waals surface area contributed by atoms with Gasteiger partial charge in [0.1, 0.15) is 17.4 Å². The summed E-state index contributed by atoms with van der Waals surface area (Å²) in [5.41, 5.74) is 0.225. The van der Waals surface area contributed by atoms with Gasteiger partial charge in [-0.05, 0) is 35.0 Å². The minimum Gasteiger partial charge on any atom is -0.467 e. The lowest BCUT2D eigenvalue weighted by molar-refractivity contribution is 0.0899. The van der Waals surface area contributed by atoms with Crippen LogP contribution in [-0.4, -0.2) is 22.5 Å². The molecule has 0 aliphatic rings. The van der Waals surface area contributed by atoms with Gasteiger partial charge in [0, 0.05) is 11.9 Å². The van der Waals surface area contributed by atoms with Gasteiger partial charge >= 0.3 is 0 Å². The van der Waals surface area contributed by atoms with E-state index in [-0.39, 0.29) is 12.1 Å². The lowest BCUT2D eigenvalue weighted by Crippen LogP contribution is -2.32. The van der Waals surface area contributed by atoms with Crippen LogP contribution in [0.25, 0.3) is 0 Å². The molecule has 0 bridgehead atoms. The predicted octanol–water partition coefficient (Wildman–Crippen LogP) is 1.50. The zero-order chi connectivity index (χ0) is 14.7. The van der Waals surface area contributed by atoms with Gasteiger partial charge in [-0.25, -0.2) is 0 Å². The van der Waals surface area contributed by atoms with Crippen LogP contribution in [-0.2, 0) is 0 Å². The fourth-order valence-corrected chi connectivity index (χ4v) is 1.96. The van der Waals surface area contributed by atoms with Crippen molar-refractivity contribution in [2.75, 3.05) is 6.54 Å². The SMILES string of the molecule is Cc1[nH]cc(C(=O)NCC(O)c2ccco2)c(=O)c1Br. The van der Waals surface area contributed by atoms with Gasteiger partial charge in [0.15, 0.2) is 0 Å². The van der Waals surface area contributed by atoms with E-state index in [1.165, 1.54) is 12.5 Å². The maximum Gasteiger partial charge on any atom is 0.256 e. The number of aliphatic hydroxyl groups is 1. The van der Waals surface area contributed by atoms with Crippen molar-refractivity contribution in [2.24, 2.45) is 0 Å². The first-order chi connectivity index (χ1) is 9.50. The first kappa shape index (κ1) is 14.5. The molecule has 0 aliphatic heterocycles. The fourth-order valence-electron chi connectivity index (χ4n) is 1.63. The van der Waals surface area contributed by atoms with Gasteiger partial charge in [0.2, 0.25) is 5.43 Å². The molecule has 20 heavy (non-hydrogen) atoms. The maximum atomic E-state index is 11.9. The third-order valence-corrected chi connectivity index (χ3v) is 3.73. The molecule has 0 saturated heterocycles. The van der Waals surface area contributed by atoms with Crippen LogP contribution in [0.3, 0.4) is 0 Å². The summed E-state index contributed by atoms with van der Waals surface area (Å²) in [4.78, 5) is 26.6. The van der Waals surface area contributed by atoms with Crippen molar-refractivity contribution in [1.29, 1.82) is 0 Å². The molecule has 0 aliphatic carbocycles. The molecule has 6 nitrogen and oxygen atoms in total. The number of hydrogen-bond acceptors (Lipinski definition) is 4. The van der Waals surface area contributed by atoms with E-state index in [2.05, 4.69) is 26.2 Å². The third-order valence-electron chi connectivity index (χ3n) is 2.78. The molecular weight excluding hydrogens is 328 g/mol. The van der Waals surface area contributed by atoms with E-state index < -0.39 is 17.4 Å². The summed E-state index contributed by atoms with van der Waals surface area (Å²) < 4.78 is 5.33. The summed E-state index contributed by atoms with van der Waals surface area (Å²) in [6.07, 6.45) is 1.82. The van der Waals surface area contributed by atoms with Crippen LogP contribution in [0.2, 0.25) is 0 Å². The molecule has 3 N–H and O–H groups in total. The zero-order valence-electron chi connectivity index (χ0n) is 10.6. The minimum atomic E-state index is -0.957. The highest BCUT2D eigenvalue weighted by Crippen LogP contribution is 2.12. The summed E-state index contributed by atoms with van der Waals surface area (Å²) >= 11 is 3.12. The van der Waals surface area contributed by atoms with Gasteiger partial charge in [-0.2, -0.15) is 0 Å². The number of aryl methyl sites for hydroxylation is 1. The van der Waals surface area contributed by atoms with Crippen LogP contribution in [0, 0.1) is 6.92 Å². The van der Waals surface area contributed by atoms with E-state index in [1.807, 2.05) is 0 Å². The van der Waals surface area contributed by atoms with Gasteiger partial charge in [-0.1, -0.05) is 0 Å². The van der Waals surface area contributed by atoms with Gasteiger partial charge in [0.25, 0.3) is 5.91 Å². The first-order valence-corrected chi connectivity index (χ1v) is 6.67. The standard InChI is InChI=1S/C13H13BrN2O4/c1-7-11(14)12(18)8(5-15-7)13(19)16-6-9(17)10-3-2-4-20-10/h2-5,9,17H,6H2,1H3,(H,15,18)(H,16,19). The van der Waals surface area contributed by atoms with Crippen LogP contribution in [0.5, 0.6) is 0 Å². The number of aromatic nitrogens is 1. The molecule has 2 rings (SSSR count). The number of pyridine rings is 1. The molecule has 0 aromatic carbocycles. The Kier molecular flexibility index (Phi) is 4.41. The summed E-state index contributed by atoms with van der Waals surface area (Å²) in [5.74, 6) is -0.207. The molecular formula is C13H13BrN2O4. The van der Waals surface area contributed by atoms with Crippen molar-refractivity contribution in [1.82, 2.24) is 10.3 Å². The molecule has 2 heterocycles. The lowest BCUT2D eigenvalue weighted by atomic mass is 10.2. The monoisotopic (exact) mass is 340 g/mol. The van der Waals surface area contributed by atoms with E-state index in [1.54, 1.807) is 19.1 Å². The molecule has 0 saturated carbocycles. The van der Waals surface area contributed by atoms with Crippen LogP contribution in [0.4, 0.5) is 0 Å². The Morgan fingerprint density at radius 2 is 2.35 bits per heavy atom. The highest BCUT2D eigenvalue weighted by Gasteiger charge is 2.16. The van der Waals surface area contributed by atoms with Crippen LogP contribution in [0.15, 0.2) is 38.3 Å². The van der Waals surface area contributed by atoms with E-state index in [9.17, 15) is 14.7 Å². The van der Waals surface area contributed by atoms with Crippen molar-refractivity contribution in [2.45, 2.75) is 13.0 Å². The van der Waals surface area contributed by atoms with Crippen molar-refractivity contribution >= 4 is 21.8 Å². The predicted molar refractivity (Wildman–Crippen MR) is 75.5 cm³/mol. The average Bonchev–Trinajstić information content (AvgIpc) is 2.96. The van der Waals surface area contributed by atoms with Crippen molar-refractivity contribution < 1.29 is 14.3 Å². The van der Waals surface area contributed by atoms with Gasteiger partial charge in [-0.15, -0.1) is 0 Å². The number of aliphatic hydroxyl groups excluding tert-OH is 1. The number of aromatic amines is 1. The average molecular weight is 341 g/mol. The Hall–Kier alpha value is -1.86. The lowest BCUT2D eigenvalue weighted by Gasteiger charge is -2.09. The van der Waals surface area contributed by atoms with Crippen LogP contribution in [0.1, 0.15) is 27.9 Å². The number of halogens is 1. The van der Waals surface area contributed by atoms with Crippen LogP contribution < -0.4 is 10.7 Å². The van der Waals surface area contributed by atoms with Gasteiger partial charge < -0.3 is 19.8 Å². The van der Waals surface area contributed by atoms with Gasteiger partial charge in [0.05, 0.1) is 17.3 Å². The Morgan fingerprint density at radius 1 is 1.60 bits per heavy atom. The van der Waals surface area contributed by atoms with Crippen molar-refractivity contribution in [3.63, 3.8) is 0 Å². The number of rotatable bonds is 4. The molecule has 0 spiro atoms. The summed E-state index contributed by atoms with van der Waals surface area (Å²) in [7, 11) is 0. The first-order valence-electron chi connectivity index (χ1n) is 5.88. The summed E-state index contributed by atoms with van der Waals surface area (Å²) in [6.45, 7) is 1.67. The molecule has 2 aromatic rings. The van der Waals surface area contributed by atoms with E-state index in [0.717, 1.165) is 0 Å². The Morgan fingerprint density at radius 3 is 3.00 bits per heavy atom. The summed E-state index contributed by atoms with van der Waals surface area (Å²) in [5, 5.41) is 12.3. The van der Waals surface area contributed by atoms with E-state index >= 15 is 0 Å². The number of furan rings is 1. The number of H-pyrrole nitrogens is 1. The van der Waals surface area contributed by atoms with Crippen LogP contribution >= 0.6 is 15.9 Å². The molecule has 7 heteroatoms. The van der Waals surface area contributed by atoms with E-state index in [0.29, 0.717) is 15.9 Å². The Labute approximate surface area is 122 Å². The molecule has 1 unspecified atom stereocenters. The zero-order valence-corrected chi connectivity index (χ0v) is 12.2. The number of carbonyl (C=O) groups excluding carboxylic acids is 1. The summed E-state index contributed by atoms with van der Waals surface area (Å²) in [6, 6.07) is 3.24. The topological polar surface area (TPSA) is 95.3 Å². The molecule has 0 fully saturated rings. The molecule has 0 radical (unpaired) electrons. The maximum absolute atomic E-state index is 11.9. The van der Waals surface area contributed by atoms with Crippen molar-refractivity contribution in [3.8, 4) is 0 Å². The highest BCUT2D eigenvalue weighted by molar-refractivity contribution is 9.10. The Bertz CT molecular complexity index is 664. The van der Waals surface area contributed by atoms with E-state index in [4.69, 9.17) is 4.42 Å². The minimum absolute atomic E-state index is 0.0193. The number of carbonyl (C=O) groups is 1. The third kappa shape index (κ3) is 3.00. The van der Waals surface area contributed by atoms with Gasteiger partial charge in [-0.3, -0.25) is 9.59 Å². The number of nitrogens with one attached hydrogen (secondary N) is 2. The molecule has 1 atom stereocenters. The second kappa shape index (κ2) is 6.06. The highest BCUT2D eigenvalue weighted by atomic mass is 79.9. The Balaban J connectivity index is 2.06. The number of hydrogen-bond donors (Lipinski definition) is 3.